The highest BCUT2D eigenvalue weighted by molar-refractivity contribution is 5.90. The van der Waals surface area contributed by atoms with Crippen molar-refractivity contribution in [1.29, 1.82) is 0 Å². The molecular weight excluding hydrogens is 228 g/mol. The van der Waals surface area contributed by atoms with Crippen molar-refractivity contribution in [3.63, 3.8) is 0 Å². The van der Waals surface area contributed by atoms with Crippen LogP contribution in [0.4, 0.5) is 0 Å². The van der Waals surface area contributed by atoms with E-state index in [0.29, 0.717) is 5.56 Å². The first-order chi connectivity index (χ1) is 8.66. The highest BCUT2D eigenvalue weighted by atomic mass is 17.2. The van der Waals surface area contributed by atoms with Crippen LogP contribution in [0.15, 0.2) is 18.2 Å². The fourth-order valence-corrected chi connectivity index (χ4v) is 2.13. The van der Waals surface area contributed by atoms with Crippen molar-refractivity contribution >= 4 is 5.97 Å². The maximum Gasteiger partial charge on any atom is 0.373 e. The lowest BCUT2D eigenvalue weighted by molar-refractivity contribution is -0.239. The molecule has 0 saturated heterocycles. The summed E-state index contributed by atoms with van der Waals surface area (Å²) in [6, 6.07) is 5.72. The SMILES string of the molecule is Cc1ccc(C)c(C(=O)OO[C]2CCCCC2)c1. The van der Waals surface area contributed by atoms with Crippen LogP contribution in [-0.4, -0.2) is 5.97 Å². The highest BCUT2D eigenvalue weighted by Crippen LogP contribution is 2.27. The van der Waals surface area contributed by atoms with E-state index in [9.17, 15) is 4.79 Å². The van der Waals surface area contributed by atoms with Gasteiger partial charge in [-0.1, -0.05) is 37.0 Å². The van der Waals surface area contributed by atoms with Gasteiger partial charge in [0.2, 0.25) is 0 Å². The molecule has 0 heterocycles. The van der Waals surface area contributed by atoms with Crippen LogP contribution in [0.1, 0.15) is 53.6 Å². The second-order valence-electron chi connectivity index (χ2n) is 4.87. The molecule has 1 aromatic carbocycles. The zero-order valence-corrected chi connectivity index (χ0v) is 11.0. The summed E-state index contributed by atoms with van der Waals surface area (Å²) in [4.78, 5) is 22.0. The van der Waals surface area contributed by atoms with Gasteiger partial charge in [0, 0.05) is 0 Å². The quantitative estimate of drug-likeness (QED) is 0.600. The maximum absolute atomic E-state index is 11.9. The summed E-state index contributed by atoms with van der Waals surface area (Å²) in [6.07, 6.45) is 6.17. The lowest BCUT2D eigenvalue weighted by Crippen LogP contribution is -2.13. The molecule has 1 aliphatic carbocycles. The zero-order valence-electron chi connectivity index (χ0n) is 11.0. The average molecular weight is 247 g/mol. The van der Waals surface area contributed by atoms with Gasteiger partial charge in [-0.3, -0.25) is 4.89 Å². The van der Waals surface area contributed by atoms with Gasteiger partial charge in [0.05, 0.1) is 5.56 Å². The summed E-state index contributed by atoms with van der Waals surface area (Å²) in [6.45, 7) is 3.84. The largest absolute Gasteiger partial charge is 0.373 e. The Morgan fingerprint density at radius 3 is 2.56 bits per heavy atom. The number of hydrogen-bond donors (Lipinski definition) is 0. The number of aryl methyl sites for hydroxylation is 2. The summed E-state index contributed by atoms with van der Waals surface area (Å²) >= 11 is 0. The minimum atomic E-state index is -0.408. The van der Waals surface area contributed by atoms with Crippen LogP contribution in [-0.2, 0) is 9.78 Å². The van der Waals surface area contributed by atoms with E-state index >= 15 is 0 Å². The lowest BCUT2D eigenvalue weighted by atomic mass is 9.98. The van der Waals surface area contributed by atoms with E-state index in [2.05, 4.69) is 0 Å². The Hall–Kier alpha value is -1.35. The normalized spacial score (nSPS) is 16.6. The van der Waals surface area contributed by atoms with Crippen molar-refractivity contribution in [2.24, 2.45) is 0 Å². The van der Waals surface area contributed by atoms with Gasteiger partial charge in [-0.25, -0.2) is 4.79 Å². The number of hydrogen-bond acceptors (Lipinski definition) is 3. The van der Waals surface area contributed by atoms with E-state index in [1.54, 1.807) is 0 Å². The van der Waals surface area contributed by atoms with Gasteiger partial charge in [0.1, 0.15) is 6.10 Å². The van der Waals surface area contributed by atoms with Crippen LogP contribution in [0.2, 0.25) is 0 Å². The predicted molar refractivity (Wildman–Crippen MR) is 68.7 cm³/mol. The van der Waals surface area contributed by atoms with Crippen molar-refractivity contribution in [1.82, 2.24) is 0 Å². The molecule has 18 heavy (non-hydrogen) atoms. The fraction of sp³-hybridized carbons (Fsp3) is 0.467. The summed E-state index contributed by atoms with van der Waals surface area (Å²) in [7, 11) is 0. The molecular formula is C15H19O3. The van der Waals surface area contributed by atoms with Crippen LogP contribution in [0.5, 0.6) is 0 Å². The first kappa shape index (κ1) is 13.1. The molecule has 0 atom stereocenters. The van der Waals surface area contributed by atoms with Gasteiger partial charge in [0.25, 0.3) is 0 Å². The number of carbonyl (C=O) groups excluding carboxylic acids is 1. The van der Waals surface area contributed by atoms with Gasteiger partial charge in [-0.15, -0.1) is 0 Å². The second-order valence-corrected chi connectivity index (χ2v) is 4.87. The van der Waals surface area contributed by atoms with Crippen LogP contribution in [0.3, 0.4) is 0 Å². The summed E-state index contributed by atoms with van der Waals surface area (Å²) < 4.78 is 0. The molecule has 0 spiro atoms. The Morgan fingerprint density at radius 2 is 1.83 bits per heavy atom. The second kappa shape index (κ2) is 6.01. The molecule has 0 unspecified atom stereocenters. The summed E-state index contributed by atoms with van der Waals surface area (Å²) in [5.41, 5.74) is 2.52. The Bertz CT molecular complexity index is 420. The predicted octanol–water partition coefficient (Wildman–Crippen LogP) is 3.89. The monoisotopic (exact) mass is 247 g/mol. The smallest absolute Gasteiger partial charge is 0.292 e. The molecule has 0 bridgehead atoms. The van der Waals surface area contributed by atoms with Crippen molar-refractivity contribution in [3.05, 3.63) is 41.0 Å². The van der Waals surface area contributed by atoms with Gasteiger partial charge >= 0.3 is 5.97 Å². The molecule has 0 aliphatic heterocycles. The summed E-state index contributed by atoms with van der Waals surface area (Å²) in [5.74, 6) is -0.408. The van der Waals surface area contributed by atoms with E-state index < -0.39 is 5.97 Å². The molecule has 2 rings (SSSR count). The zero-order chi connectivity index (χ0) is 13.0. The molecule has 3 nitrogen and oxygen atoms in total. The number of rotatable bonds is 3. The Kier molecular flexibility index (Phi) is 4.37. The number of carbonyl (C=O) groups is 1. The third-order valence-electron chi connectivity index (χ3n) is 3.26. The Balaban J connectivity index is 1.92. The van der Waals surface area contributed by atoms with Crippen molar-refractivity contribution in [3.8, 4) is 0 Å². The van der Waals surface area contributed by atoms with Crippen molar-refractivity contribution < 1.29 is 14.6 Å². The average Bonchev–Trinajstić information content (AvgIpc) is 2.40. The third-order valence-corrected chi connectivity index (χ3v) is 3.26. The van der Waals surface area contributed by atoms with Crippen LogP contribution < -0.4 is 0 Å². The van der Waals surface area contributed by atoms with Gasteiger partial charge < -0.3 is 0 Å². The number of benzene rings is 1. The molecule has 97 valence electrons. The molecule has 1 aromatic rings. The molecule has 1 radical (unpaired) electrons. The molecule has 0 N–H and O–H groups in total. The van der Waals surface area contributed by atoms with Crippen molar-refractivity contribution in [2.75, 3.05) is 0 Å². The fourth-order valence-electron chi connectivity index (χ4n) is 2.13. The Morgan fingerprint density at radius 1 is 1.11 bits per heavy atom. The van der Waals surface area contributed by atoms with E-state index in [1.807, 2.05) is 32.0 Å². The molecule has 0 aromatic heterocycles. The van der Waals surface area contributed by atoms with E-state index in [0.717, 1.165) is 42.9 Å². The molecule has 1 aliphatic rings. The standard InChI is InChI=1S/C15H19O3/c1-11-8-9-12(2)14(10-11)15(16)18-17-13-6-4-3-5-7-13/h8-10H,3-7H2,1-2H3. The van der Waals surface area contributed by atoms with Gasteiger partial charge in [-0.05, 0) is 38.3 Å². The first-order valence-electron chi connectivity index (χ1n) is 6.47. The van der Waals surface area contributed by atoms with Gasteiger partial charge in [-0.2, -0.15) is 4.89 Å². The van der Waals surface area contributed by atoms with E-state index in [4.69, 9.17) is 9.78 Å². The molecule has 1 fully saturated rings. The first-order valence-corrected chi connectivity index (χ1v) is 6.47. The van der Waals surface area contributed by atoms with Gasteiger partial charge in [0.15, 0.2) is 0 Å². The maximum atomic E-state index is 11.9. The Labute approximate surface area is 108 Å². The van der Waals surface area contributed by atoms with Crippen LogP contribution in [0.25, 0.3) is 0 Å². The molecule has 3 heteroatoms. The lowest BCUT2D eigenvalue weighted by Gasteiger charge is -2.18. The van der Waals surface area contributed by atoms with Crippen LogP contribution in [0, 0.1) is 20.0 Å². The van der Waals surface area contributed by atoms with Crippen LogP contribution >= 0.6 is 0 Å². The topological polar surface area (TPSA) is 35.5 Å². The minimum Gasteiger partial charge on any atom is -0.292 e. The molecule has 1 saturated carbocycles. The van der Waals surface area contributed by atoms with E-state index in [-0.39, 0.29) is 0 Å². The third kappa shape index (κ3) is 3.33. The summed E-state index contributed by atoms with van der Waals surface area (Å²) in [5, 5.41) is 0. The van der Waals surface area contributed by atoms with Crippen molar-refractivity contribution in [2.45, 2.75) is 46.0 Å². The highest BCUT2D eigenvalue weighted by Gasteiger charge is 2.19. The minimum absolute atomic E-state index is 0.408. The molecule has 0 amide bonds. The van der Waals surface area contributed by atoms with E-state index in [1.165, 1.54) is 6.42 Å².